The van der Waals surface area contributed by atoms with Crippen LogP contribution in [0.15, 0.2) is 0 Å². The summed E-state index contributed by atoms with van der Waals surface area (Å²) in [7, 11) is 0. The molecule has 0 saturated heterocycles. The molecular weight excluding hydrogens is 228 g/mol. The van der Waals surface area contributed by atoms with Crippen LogP contribution < -0.4 is 0 Å². The van der Waals surface area contributed by atoms with Crippen LogP contribution in [-0.4, -0.2) is 22.0 Å². The second-order valence-electron chi connectivity index (χ2n) is 4.01. The molecule has 0 heterocycles. The van der Waals surface area contributed by atoms with Crippen LogP contribution in [-0.2, 0) is 9.53 Å². The van der Waals surface area contributed by atoms with E-state index in [1.807, 2.05) is 34.6 Å². The molecule has 0 aliphatic heterocycles. The standard InChI is InChI=1S/C11H20O2S2/c1-6-13-10(12)9(7(2)3)15-11(14)8(4)5/h7-9H,6H2,1-5H3. The topological polar surface area (TPSA) is 26.3 Å². The fraction of sp³-hybridized carbons (Fsp3) is 0.818. The summed E-state index contributed by atoms with van der Waals surface area (Å²) in [4.78, 5) is 11.6. The highest BCUT2D eigenvalue weighted by Gasteiger charge is 2.26. The fourth-order valence-corrected chi connectivity index (χ4v) is 2.21. The van der Waals surface area contributed by atoms with Gasteiger partial charge in [0.25, 0.3) is 0 Å². The van der Waals surface area contributed by atoms with Gasteiger partial charge in [0.1, 0.15) is 5.25 Å². The van der Waals surface area contributed by atoms with Gasteiger partial charge < -0.3 is 4.74 Å². The number of thioether (sulfide) groups is 1. The number of hydrogen-bond acceptors (Lipinski definition) is 4. The van der Waals surface area contributed by atoms with E-state index in [4.69, 9.17) is 17.0 Å². The van der Waals surface area contributed by atoms with Gasteiger partial charge in [-0.05, 0) is 18.8 Å². The highest BCUT2D eigenvalue weighted by atomic mass is 32.2. The van der Waals surface area contributed by atoms with E-state index in [1.54, 1.807) is 0 Å². The van der Waals surface area contributed by atoms with E-state index in [0.717, 1.165) is 4.20 Å². The van der Waals surface area contributed by atoms with Gasteiger partial charge in [-0.3, -0.25) is 4.79 Å². The lowest BCUT2D eigenvalue weighted by atomic mass is 10.1. The third kappa shape index (κ3) is 5.52. The van der Waals surface area contributed by atoms with Crippen molar-refractivity contribution in [3.63, 3.8) is 0 Å². The van der Waals surface area contributed by atoms with E-state index >= 15 is 0 Å². The zero-order valence-corrected chi connectivity index (χ0v) is 11.7. The molecule has 0 fully saturated rings. The molecule has 0 rings (SSSR count). The summed E-state index contributed by atoms with van der Waals surface area (Å²) in [6.07, 6.45) is 0. The molecule has 0 bridgehead atoms. The molecular formula is C11H20O2S2. The number of carbonyl (C=O) groups excluding carboxylic acids is 1. The Labute approximate surface area is 102 Å². The minimum absolute atomic E-state index is 0.152. The van der Waals surface area contributed by atoms with Gasteiger partial charge in [-0.2, -0.15) is 0 Å². The summed E-state index contributed by atoms with van der Waals surface area (Å²) in [5, 5.41) is -0.167. The summed E-state index contributed by atoms with van der Waals surface area (Å²) in [6.45, 7) is 10.3. The van der Waals surface area contributed by atoms with Crippen LogP contribution in [0.2, 0.25) is 0 Å². The first-order valence-corrected chi connectivity index (χ1v) is 6.56. The second-order valence-corrected chi connectivity index (χ2v) is 5.89. The van der Waals surface area contributed by atoms with E-state index in [0.29, 0.717) is 12.5 Å². The van der Waals surface area contributed by atoms with Crippen molar-refractivity contribution in [1.29, 1.82) is 0 Å². The van der Waals surface area contributed by atoms with Crippen LogP contribution in [0.3, 0.4) is 0 Å². The van der Waals surface area contributed by atoms with E-state index in [9.17, 15) is 4.79 Å². The lowest BCUT2D eigenvalue weighted by Crippen LogP contribution is -2.27. The Kier molecular flexibility index (Phi) is 7.18. The van der Waals surface area contributed by atoms with Crippen LogP contribution in [0.4, 0.5) is 0 Å². The molecule has 0 aromatic carbocycles. The third-order valence-corrected chi connectivity index (χ3v) is 4.29. The molecule has 0 spiro atoms. The van der Waals surface area contributed by atoms with Crippen molar-refractivity contribution in [2.45, 2.75) is 39.9 Å². The predicted octanol–water partition coefficient (Wildman–Crippen LogP) is 3.29. The maximum Gasteiger partial charge on any atom is 0.319 e. The van der Waals surface area contributed by atoms with Gasteiger partial charge in [0.2, 0.25) is 0 Å². The first-order chi connectivity index (χ1) is 6.90. The average Bonchev–Trinajstić information content (AvgIpc) is 2.13. The van der Waals surface area contributed by atoms with Crippen molar-refractivity contribution in [3.05, 3.63) is 0 Å². The maximum absolute atomic E-state index is 11.6. The van der Waals surface area contributed by atoms with Crippen LogP contribution in [0.5, 0.6) is 0 Å². The highest BCUT2D eigenvalue weighted by Crippen LogP contribution is 2.25. The normalized spacial score (nSPS) is 13.0. The van der Waals surface area contributed by atoms with Crippen LogP contribution in [0, 0.1) is 11.8 Å². The quantitative estimate of drug-likeness (QED) is 0.551. The lowest BCUT2D eigenvalue weighted by Gasteiger charge is -2.19. The number of ether oxygens (including phenoxy) is 1. The van der Waals surface area contributed by atoms with Gasteiger partial charge >= 0.3 is 5.97 Å². The summed E-state index contributed by atoms with van der Waals surface area (Å²) in [5.74, 6) is 0.409. The van der Waals surface area contributed by atoms with E-state index in [1.165, 1.54) is 11.8 Å². The van der Waals surface area contributed by atoms with E-state index in [-0.39, 0.29) is 17.1 Å². The summed E-state index contributed by atoms with van der Waals surface area (Å²) in [5.41, 5.74) is 0. The Morgan fingerprint density at radius 1 is 1.33 bits per heavy atom. The molecule has 4 heteroatoms. The molecule has 1 atom stereocenters. The van der Waals surface area contributed by atoms with Gasteiger partial charge in [-0.15, -0.1) is 11.8 Å². The second kappa shape index (κ2) is 7.23. The van der Waals surface area contributed by atoms with Crippen molar-refractivity contribution in [3.8, 4) is 0 Å². The van der Waals surface area contributed by atoms with Crippen molar-refractivity contribution >= 4 is 34.1 Å². The molecule has 0 aliphatic carbocycles. The fourth-order valence-electron chi connectivity index (χ4n) is 0.942. The summed E-state index contributed by atoms with van der Waals surface area (Å²) >= 11 is 6.70. The first kappa shape index (κ1) is 14.9. The Balaban J connectivity index is 4.41. The number of carbonyl (C=O) groups is 1. The molecule has 0 aromatic heterocycles. The molecule has 0 N–H and O–H groups in total. The number of esters is 1. The first-order valence-electron chi connectivity index (χ1n) is 5.27. The lowest BCUT2D eigenvalue weighted by molar-refractivity contribution is -0.143. The minimum Gasteiger partial charge on any atom is -0.465 e. The molecule has 1 unspecified atom stereocenters. The zero-order valence-electron chi connectivity index (χ0n) is 10.1. The molecule has 2 nitrogen and oxygen atoms in total. The van der Waals surface area contributed by atoms with Gasteiger partial charge in [-0.1, -0.05) is 39.9 Å². The van der Waals surface area contributed by atoms with Gasteiger partial charge in [-0.25, -0.2) is 0 Å². The van der Waals surface area contributed by atoms with E-state index in [2.05, 4.69) is 0 Å². The van der Waals surface area contributed by atoms with Crippen molar-refractivity contribution in [1.82, 2.24) is 0 Å². The van der Waals surface area contributed by atoms with Crippen LogP contribution in [0.1, 0.15) is 34.6 Å². The van der Waals surface area contributed by atoms with Gasteiger partial charge in [0.05, 0.1) is 10.8 Å². The van der Waals surface area contributed by atoms with E-state index < -0.39 is 0 Å². The molecule has 0 aliphatic rings. The monoisotopic (exact) mass is 248 g/mol. The largest absolute Gasteiger partial charge is 0.465 e. The molecule has 0 radical (unpaired) electrons. The Morgan fingerprint density at radius 3 is 2.20 bits per heavy atom. The highest BCUT2D eigenvalue weighted by molar-refractivity contribution is 8.23. The zero-order chi connectivity index (χ0) is 12.0. The van der Waals surface area contributed by atoms with Crippen molar-refractivity contribution in [2.24, 2.45) is 11.8 Å². The SMILES string of the molecule is CCOC(=O)C(SC(=S)C(C)C)C(C)C. The summed E-state index contributed by atoms with van der Waals surface area (Å²) in [6, 6.07) is 0. The molecule has 0 aromatic rings. The average molecular weight is 248 g/mol. The number of hydrogen-bond donors (Lipinski definition) is 0. The smallest absolute Gasteiger partial charge is 0.319 e. The minimum atomic E-state index is -0.167. The summed E-state index contributed by atoms with van der Waals surface area (Å²) < 4.78 is 5.90. The molecule has 0 saturated carbocycles. The predicted molar refractivity (Wildman–Crippen MR) is 70.3 cm³/mol. The molecule has 15 heavy (non-hydrogen) atoms. The third-order valence-electron chi connectivity index (χ3n) is 1.84. The van der Waals surface area contributed by atoms with Crippen LogP contribution >= 0.6 is 24.0 Å². The number of rotatable bonds is 5. The van der Waals surface area contributed by atoms with Crippen molar-refractivity contribution in [2.75, 3.05) is 6.61 Å². The van der Waals surface area contributed by atoms with Gasteiger partial charge in [0.15, 0.2) is 0 Å². The Hall–Kier alpha value is -0.0900. The maximum atomic E-state index is 11.6. The van der Waals surface area contributed by atoms with Crippen LogP contribution in [0.25, 0.3) is 0 Å². The number of thiocarbonyl (C=S) groups is 1. The Morgan fingerprint density at radius 2 is 1.87 bits per heavy atom. The molecule has 0 amide bonds. The molecule has 88 valence electrons. The Bertz CT molecular complexity index is 225. The van der Waals surface area contributed by atoms with Gasteiger partial charge in [0, 0.05) is 0 Å². The van der Waals surface area contributed by atoms with Crippen molar-refractivity contribution < 1.29 is 9.53 Å².